The van der Waals surface area contributed by atoms with Gasteiger partial charge in [0.25, 0.3) is 0 Å². The third kappa shape index (κ3) is 6.69. The summed E-state index contributed by atoms with van der Waals surface area (Å²) in [5.41, 5.74) is -2.10. The van der Waals surface area contributed by atoms with Crippen LogP contribution in [0.2, 0.25) is 0 Å². The molecule has 1 fully saturated rings. The van der Waals surface area contributed by atoms with Crippen LogP contribution in [0, 0.1) is 11.3 Å². The molecule has 9 heteroatoms. The van der Waals surface area contributed by atoms with E-state index in [9.17, 15) is 19.2 Å². The molecule has 160 valence electrons. The zero-order valence-corrected chi connectivity index (χ0v) is 17.6. The molecule has 1 aliphatic heterocycles. The quantitative estimate of drug-likeness (QED) is 0.408. The van der Waals surface area contributed by atoms with Gasteiger partial charge in [-0.3, -0.25) is 14.4 Å². The summed E-state index contributed by atoms with van der Waals surface area (Å²) in [6.45, 7) is 9.25. The van der Waals surface area contributed by atoms with Crippen molar-refractivity contribution in [3.63, 3.8) is 0 Å². The number of ether oxygens (including phenoxy) is 3. The summed E-state index contributed by atoms with van der Waals surface area (Å²) in [5.74, 6) is -1.76. The molecule has 0 radical (unpaired) electrons. The summed E-state index contributed by atoms with van der Waals surface area (Å²) in [7, 11) is 1.21. The Labute approximate surface area is 166 Å². The van der Waals surface area contributed by atoms with Gasteiger partial charge in [-0.15, -0.1) is 0 Å². The molecule has 0 aromatic rings. The number of rotatable bonds is 6. The number of hydrogen-bond acceptors (Lipinski definition) is 7. The Morgan fingerprint density at radius 1 is 1.11 bits per heavy atom. The lowest BCUT2D eigenvalue weighted by molar-refractivity contribution is -0.166. The number of carbonyl (C=O) groups is 4. The molecule has 1 N–H and O–H groups in total. The predicted octanol–water partition coefficient (Wildman–Crippen LogP) is 1.49. The summed E-state index contributed by atoms with van der Waals surface area (Å²) >= 11 is 0. The minimum absolute atomic E-state index is 0.0795. The van der Waals surface area contributed by atoms with Crippen molar-refractivity contribution in [3.05, 3.63) is 0 Å². The first-order valence-corrected chi connectivity index (χ1v) is 9.41. The average molecular weight is 400 g/mol. The highest BCUT2D eigenvalue weighted by molar-refractivity contribution is 6.03. The Balaban J connectivity index is 2.89. The first-order valence-electron chi connectivity index (χ1n) is 9.41. The van der Waals surface area contributed by atoms with E-state index >= 15 is 0 Å². The predicted molar refractivity (Wildman–Crippen MR) is 100 cm³/mol. The Hall–Kier alpha value is -2.32. The Bertz CT molecular complexity index is 588. The summed E-state index contributed by atoms with van der Waals surface area (Å²) < 4.78 is 15.2. The lowest BCUT2D eigenvalue weighted by Crippen LogP contribution is -2.55. The van der Waals surface area contributed by atoms with E-state index in [0.29, 0.717) is 0 Å². The van der Waals surface area contributed by atoms with Crippen LogP contribution >= 0.6 is 0 Å². The number of carbonyl (C=O) groups excluding carboxylic acids is 4. The van der Waals surface area contributed by atoms with E-state index in [4.69, 9.17) is 9.47 Å². The van der Waals surface area contributed by atoms with Crippen molar-refractivity contribution in [1.82, 2.24) is 10.2 Å². The van der Waals surface area contributed by atoms with Crippen LogP contribution in [0.15, 0.2) is 0 Å². The number of hydrogen-bond donors (Lipinski definition) is 1. The standard InChI is InChI=1S/C19H32N2O7/c1-13(2)12-27-16(24)19(15(23)20-11-14(22)26-6)7-9-21(10-8-19)17(25)28-18(3,4)5/h13H,7-12H2,1-6H3,(H,20,23). The van der Waals surface area contributed by atoms with Gasteiger partial charge in [0.15, 0.2) is 0 Å². The smallest absolute Gasteiger partial charge is 0.410 e. The monoisotopic (exact) mass is 400 g/mol. The fraction of sp³-hybridized carbons (Fsp3) is 0.789. The topological polar surface area (TPSA) is 111 Å². The van der Waals surface area contributed by atoms with Gasteiger partial charge in [0.05, 0.1) is 13.7 Å². The first kappa shape index (κ1) is 23.7. The van der Waals surface area contributed by atoms with Crippen LogP contribution in [-0.2, 0) is 28.6 Å². The van der Waals surface area contributed by atoms with Crippen LogP contribution in [0.1, 0.15) is 47.5 Å². The van der Waals surface area contributed by atoms with Gasteiger partial charge in [-0.25, -0.2) is 4.79 Å². The van der Waals surface area contributed by atoms with E-state index in [2.05, 4.69) is 10.1 Å². The SMILES string of the molecule is COC(=O)CNC(=O)C1(C(=O)OCC(C)C)CCN(C(=O)OC(C)(C)C)CC1. The maximum Gasteiger partial charge on any atom is 0.410 e. The molecule has 0 bridgehead atoms. The minimum Gasteiger partial charge on any atom is -0.468 e. The second-order valence-corrected chi connectivity index (χ2v) is 8.30. The molecule has 0 unspecified atom stereocenters. The van der Waals surface area contributed by atoms with E-state index in [0.717, 1.165) is 0 Å². The van der Waals surface area contributed by atoms with Gasteiger partial charge in [-0.05, 0) is 39.5 Å². The van der Waals surface area contributed by atoms with Gasteiger partial charge in [-0.1, -0.05) is 13.8 Å². The van der Waals surface area contributed by atoms with Gasteiger partial charge in [-0.2, -0.15) is 0 Å². The van der Waals surface area contributed by atoms with Crippen LogP contribution in [-0.4, -0.2) is 67.8 Å². The molecule has 0 aliphatic carbocycles. The first-order chi connectivity index (χ1) is 12.9. The van der Waals surface area contributed by atoms with Crippen molar-refractivity contribution in [3.8, 4) is 0 Å². The van der Waals surface area contributed by atoms with Gasteiger partial charge in [0.1, 0.15) is 17.6 Å². The second kappa shape index (κ2) is 9.75. The van der Waals surface area contributed by atoms with Crippen LogP contribution in [0.4, 0.5) is 4.79 Å². The highest BCUT2D eigenvalue weighted by Gasteiger charge is 2.50. The molecular formula is C19H32N2O7. The van der Waals surface area contributed by atoms with Crippen LogP contribution in [0.3, 0.4) is 0 Å². The third-order valence-corrected chi connectivity index (χ3v) is 4.26. The highest BCUT2D eigenvalue weighted by atomic mass is 16.6. The third-order valence-electron chi connectivity index (χ3n) is 4.26. The number of amides is 2. The zero-order valence-electron chi connectivity index (χ0n) is 17.6. The van der Waals surface area contributed by atoms with Gasteiger partial charge in [0.2, 0.25) is 5.91 Å². The highest BCUT2D eigenvalue weighted by Crippen LogP contribution is 2.34. The minimum atomic E-state index is -1.46. The lowest BCUT2D eigenvalue weighted by Gasteiger charge is -2.39. The van der Waals surface area contributed by atoms with Crippen molar-refractivity contribution < 1.29 is 33.4 Å². The fourth-order valence-corrected chi connectivity index (χ4v) is 2.70. The van der Waals surface area contributed by atoms with E-state index in [1.165, 1.54) is 12.0 Å². The molecule has 1 saturated heterocycles. The molecule has 28 heavy (non-hydrogen) atoms. The second-order valence-electron chi connectivity index (χ2n) is 8.30. The molecule has 1 aliphatic rings. The molecule has 0 spiro atoms. The number of nitrogens with one attached hydrogen (secondary N) is 1. The van der Waals surface area contributed by atoms with Crippen molar-refractivity contribution in [2.75, 3.05) is 33.4 Å². The summed E-state index contributed by atoms with van der Waals surface area (Å²) in [6, 6.07) is 0. The van der Waals surface area contributed by atoms with Crippen molar-refractivity contribution in [2.24, 2.45) is 11.3 Å². The van der Waals surface area contributed by atoms with Crippen molar-refractivity contribution in [1.29, 1.82) is 0 Å². The molecule has 0 saturated carbocycles. The largest absolute Gasteiger partial charge is 0.468 e. The van der Waals surface area contributed by atoms with Gasteiger partial charge >= 0.3 is 18.0 Å². The normalized spacial score (nSPS) is 16.3. The molecule has 1 rings (SSSR count). The van der Waals surface area contributed by atoms with E-state index in [-0.39, 0.29) is 45.0 Å². The summed E-state index contributed by atoms with van der Waals surface area (Å²) in [6.07, 6.45) is -0.335. The summed E-state index contributed by atoms with van der Waals surface area (Å²) in [4.78, 5) is 50.6. The maximum absolute atomic E-state index is 12.8. The summed E-state index contributed by atoms with van der Waals surface area (Å²) in [5, 5.41) is 2.45. The Kier molecular flexibility index (Phi) is 8.26. The van der Waals surface area contributed by atoms with E-state index < -0.39 is 35.0 Å². The average Bonchev–Trinajstić information content (AvgIpc) is 2.62. The number of nitrogens with zero attached hydrogens (tertiary/aromatic N) is 1. The van der Waals surface area contributed by atoms with Crippen molar-refractivity contribution >= 4 is 23.9 Å². The molecule has 0 atom stereocenters. The van der Waals surface area contributed by atoms with Crippen LogP contribution in [0.5, 0.6) is 0 Å². The van der Waals surface area contributed by atoms with Gasteiger partial charge < -0.3 is 24.4 Å². The van der Waals surface area contributed by atoms with Crippen molar-refractivity contribution in [2.45, 2.75) is 53.1 Å². The molecule has 9 nitrogen and oxygen atoms in total. The molecular weight excluding hydrogens is 368 g/mol. The van der Waals surface area contributed by atoms with E-state index in [1.54, 1.807) is 20.8 Å². The number of piperidine rings is 1. The lowest BCUT2D eigenvalue weighted by atomic mass is 9.77. The van der Waals surface area contributed by atoms with E-state index in [1.807, 2.05) is 13.8 Å². The molecule has 0 aromatic heterocycles. The van der Waals surface area contributed by atoms with Crippen LogP contribution in [0.25, 0.3) is 0 Å². The number of likely N-dealkylation sites (tertiary alicyclic amines) is 1. The molecule has 0 aromatic carbocycles. The zero-order chi connectivity index (χ0) is 21.5. The fourth-order valence-electron chi connectivity index (χ4n) is 2.70. The molecule has 2 amide bonds. The van der Waals surface area contributed by atoms with Gasteiger partial charge in [0, 0.05) is 13.1 Å². The molecule has 1 heterocycles. The Morgan fingerprint density at radius 2 is 1.68 bits per heavy atom. The Morgan fingerprint density at radius 3 is 2.14 bits per heavy atom. The number of esters is 2. The maximum atomic E-state index is 12.8. The number of methoxy groups -OCH3 is 1. The van der Waals surface area contributed by atoms with Crippen LogP contribution < -0.4 is 5.32 Å².